The van der Waals surface area contributed by atoms with Gasteiger partial charge >= 0.3 is 0 Å². The molecule has 0 amide bonds. The number of fused-ring (bicyclic) bond motifs is 1. The van der Waals surface area contributed by atoms with Crippen molar-refractivity contribution in [1.82, 2.24) is 0 Å². The van der Waals surface area contributed by atoms with E-state index in [-0.39, 0.29) is 17.1 Å². The van der Waals surface area contributed by atoms with Gasteiger partial charge in [-0.2, -0.15) is 0 Å². The third-order valence-corrected chi connectivity index (χ3v) is 3.72. The highest BCUT2D eigenvalue weighted by Gasteiger charge is 2.25. The van der Waals surface area contributed by atoms with Crippen molar-refractivity contribution in [3.8, 4) is 0 Å². The number of aryl methyl sites for hydroxylation is 1. The molecule has 3 aromatic rings. The molecule has 0 atom stereocenters. The Labute approximate surface area is 136 Å². The second-order valence-corrected chi connectivity index (χ2v) is 5.34. The Hall–Kier alpha value is -3.48. The van der Waals surface area contributed by atoms with Crippen molar-refractivity contribution in [2.45, 2.75) is 6.92 Å². The number of anilines is 2. The highest BCUT2D eigenvalue weighted by atomic mass is 16.6. The third-order valence-electron chi connectivity index (χ3n) is 3.72. The van der Waals surface area contributed by atoms with Crippen molar-refractivity contribution in [1.29, 1.82) is 0 Å². The largest absolute Gasteiger partial charge is 0.349 e. The molecule has 0 aliphatic heterocycles. The number of hydrogen-bond donors (Lipinski definition) is 1. The first kappa shape index (κ1) is 15.4. The fourth-order valence-electron chi connectivity index (χ4n) is 2.55. The molecular weight excluding hydrogens is 310 g/mol. The van der Waals surface area contributed by atoms with E-state index in [2.05, 4.69) is 5.32 Å². The maximum absolute atomic E-state index is 11.4. The van der Waals surface area contributed by atoms with Crippen LogP contribution in [0.25, 0.3) is 10.8 Å². The summed E-state index contributed by atoms with van der Waals surface area (Å²) in [5.41, 5.74) is 1.35. The zero-order valence-corrected chi connectivity index (χ0v) is 12.7. The van der Waals surface area contributed by atoms with E-state index in [1.165, 1.54) is 0 Å². The molecule has 0 fully saturated rings. The number of hydrogen-bond acceptors (Lipinski definition) is 5. The minimum absolute atomic E-state index is 0.241. The standard InChI is InChI=1S/C17H13N3O4/c1-11-6-8-12(9-7-11)18-17-14-5-3-2-4-13(14)15(19(21)22)10-16(17)20(23)24/h2-10,18H,1H3. The number of non-ortho nitro benzene ring substituents is 1. The Morgan fingerprint density at radius 3 is 2.00 bits per heavy atom. The Kier molecular flexibility index (Phi) is 3.83. The SMILES string of the molecule is Cc1ccc(Nc2c([N+](=O)[O-])cc([N+](=O)[O-])c3ccccc23)cc1. The molecule has 0 saturated carbocycles. The van der Waals surface area contributed by atoms with Crippen molar-refractivity contribution in [3.05, 3.63) is 80.4 Å². The van der Waals surface area contributed by atoms with E-state index in [0.29, 0.717) is 16.5 Å². The van der Waals surface area contributed by atoms with Crippen LogP contribution < -0.4 is 5.32 Å². The molecule has 0 spiro atoms. The van der Waals surface area contributed by atoms with Gasteiger partial charge in [0, 0.05) is 11.1 Å². The summed E-state index contributed by atoms with van der Waals surface area (Å²) in [6.07, 6.45) is 0. The molecule has 7 heteroatoms. The van der Waals surface area contributed by atoms with Gasteiger partial charge in [-0.25, -0.2) is 0 Å². The number of nitro groups is 2. The van der Waals surface area contributed by atoms with E-state index in [4.69, 9.17) is 0 Å². The summed E-state index contributed by atoms with van der Waals surface area (Å²) < 4.78 is 0. The van der Waals surface area contributed by atoms with Crippen LogP contribution >= 0.6 is 0 Å². The molecule has 120 valence electrons. The van der Waals surface area contributed by atoms with Gasteiger partial charge in [0.25, 0.3) is 11.4 Å². The van der Waals surface area contributed by atoms with Gasteiger partial charge in [-0.1, -0.05) is 35.9 Å². The summed E-state index contributed by atoms with van der Waals surface area (Å²) in [4.78, 5) is 21.5. The summed E-state index contributed by atoms with van der Waals surface area (Å²) in [6.45, 7) is 1.94. The van der Waals surface area contributed by atoms with Crippen LogP contribution in [0.1, 0.15) is 5.56 Å². The van der Waals surface area contributed by atoms with Crippen LogP contribution in [0.3, 0.4) is 0 Å². The number of benzene rings is 3. The van der Waals surface area contributed by atoms with E-state index in [0.717, 1.165) is 11.6 Å². The molecule has 0 bridgehead atoms. The lowest BCUT2D eigenvalue weighted by Gasteiger charge is -2.11. The first-order valence-electron chi connectivity index (χ1n) is 7.15. The number of nitrogens with zero attached hydrogens (tertiary/aromatic N) is 2. The Balaban J connectivity index is 2.26. The van der Waals surface area contributed by atoms with Crippen LogP contribution in [0.5, 0.6) is 0 Å². The van der Waals surface area contributed by atoms with Crippen molar-refractivity contribution >= 4 is 33.5 Å². The van der Waals surface area contributed by atoms with E-state index < -0.39 is 9.85 Å². The van der Waals surface area contributed by atoms with E-state index in [1.807, 2.05) is 19.1 Å². The maximum atomic E-state index is 11.4. The number of rotatable bonds is 4. The van der Waals surface area contributed by atoms with Crippen LogP contribution in [0, 0.1) is 27.2 Å². The minimum atomic E-state index is -0.615. The molecule has 3 aromatic carbocycles. The second kappa shape index (κ2) is 5.96. The molecule has 7 nitrogen and oxygen atoms in total. The highest BCUT2D eigenvalue weighted by molar-refractivity contribution is 6.04. The predicted molar refractivity (Wildman–Crippen MR) is 91.7 cm³/mol. The van der Waals surface area contributed by atoms with Gasteiger partial charge in [-0.05, 0) is 25.1 Å². The fourth-order valence-corrected chi connectivity index (χ4v) is 2.55. The molecule has 0 unspecified atom stereocenters. The van der Waals surface area contributed by atoms with E-state index >= 15 is 0 Å². The lowest BCUT2D eigenvalue weighted by Crippen LogP contribution is -2.01. The van der Waals surface area contributed by atoms with Crippen molar-refractivity contribution in [3.63, 3.8) is 0 Å². The first-order chi connectivity index (χ1) is 11.5. The van der Waals surface area contributed by atoms with Crippen LogP contribution in [0.15, 0.2) is 54.6 Å². The van der Waals surface area contributed by atoms with Crippen molar-refractivity contribution in [2.24, 2.45) is 0 Å². The molecular formula is C17H13N3O4. The zero-order chi connectivity index (χ0) is 17.3. The lowest BCUT2D eigenvalue weighted by molar-refractivity contribution is -0.392. The molecule has 1 N–H and O–H groups in total. The zero-order valence-electron chi connectivity index (χ0n) is 12.7. The Morgan fingerprint density at radius 2 is 1.42 bits per heavy atom. The molecule has 0 radical (unpaired) electrons. The number of nitro benzene ring substituents is 2. The molecule has 0 aliphatic carbocycles. The summed E-state index contributed by atoms with van der Waals surface area (Å²) in [6, 6.07) is 14.9. The molecule has 0 saturated heterocycles. The predicted octanol–water partition coefficient (Wildman–Crippen LogP) is 4.71. The van der Waals surface area contributed by atoms with Crippen LogP contribution in [-0.2, 0) is 0 Å². The summed E-state index contributed by atoms with van der Waals surface area (Å²) in [7, 11) is 0. The highest BCUT2D eigenvalue weighted by Crippen LogP contribution is 2.40. The monoisotopic (exact) mass is 323 g/mol. The average molecular weight is 323 g/mol. The van der Waals surface area contributed by atoms with Gasteiger partial charge in [0.2, 0.25) is 0 Å². The van der Waals surface area contributed by atoms with Gasteiger partial charge in [0.05, 0.1) is 21.3 Å². The van der Waals surface area contributed by atoms with Gasteiger partial charge < -0.3 is 5.32 Å². The summed E-state index contributed by atoms with van der Waals surface area (Å²) in [5.74, 6) is 0. The van der Waals surface area contributed by atoms with Crippen molar-refractivity contribution < 1.29 is 9.85 Å². The van der Waals surface area contributed by atoms with Crippen molar-refractivity contribution in [2.75, 3.05) is 5.32 Å². The maximum Gasteiger partial charge on any atom is 0.300 e. The van der Waals surface area contributed by atoms with Crippen LogP contribution in [0.4, 0.5) is 22.7 Å². The average Bonchev–Trinajstić information content (AvgIpc) is 2.56. The van der Waals surface area contributed by atoms with Crippen LogP contribution in [0.2, 0.25) is 0 Å². The minimum Gasteiger partial charge on any atom is -0.349 e. The van der Waals surface area contributed by atoms with Gasteiger partial charge in [0.1, 0.15) is 5.69 Å². The Bertz CT molecular complexity index is 952. The third kappa shape index (κ3) is 2.74. The summed E-state index contributed by atoms with van der Waals surface area (Å²) >= 11 is 0. The quantitative estimate of drug-likeness (QED) is 0.554. The molecule has 24 heavy (non-hydrogen) atoms. The first-order valence-corrected chi connectivity index (χ1v) is 7.15. The van der Waals surface area contributed by atoms with Gasteiger partial charge in [0.15, 0.2) is 0 Å². The molecule has 3 rings (SSSR count). The fraction of sp³-hybridized carbons (Fsp3) is 0.0588. The smallest absolute Gasteiger partial charge is 0.300 e. The number of nitrogens with one attached hydrogen (secondary N) is 1. The Morgan fingerprint density at radius 1 is 0.833 bits per heavy atom. The molecule has 0 aliphatic rings. The van der Waals surface area contributed by atoms with Gasteiger partial charge in [-0.15, -0.1) is 0 Å². The van der Waals surface area contributed by atoms with E-state index in [1.54, 1.807) is 36.4 Å². The van der Waals surface area contributed by atoms with E-state index in [9.17, 15) is 20.2 Å². The van der Waals surface area contributed by atoms with Crippen LogP contribution in [-0.4, -0.2) is 9.85 Å². The second-order valence-electron chi connectivity index (χ2n) is 5.34. The lowest BCUT2D eigenvalue weighted by atomic mass is 10.0. The topological polar surface area (TPSA) is 98.3 Å². The molecule has 0 heterocycles. The molecule has 0 aromatic heterocycles. The van der Waals surface area contributed by atoms with Gasteiger partial charge in [-0.3, -0.25) is 20.2 Å². The normalized spacial score (nSPS) is 10.5. The summed E-state index contributed by atoms with van der Waals surface area (Å²) in [5, 5.41) is 26.5.